The van der Waals surface area contributed by atoms with Gasteiger partial charge >= 0.3 is 0 Å². The Bertz CT molecular complexity index is 1360. The fourth-order valence-corrected chi connectivity index (χ4v) is 5.83. The van der Waals surface area contributed by atoms with Crippen LogP contribution in [-0.2, 0) is 4.74 Å². The van der Waals surface area contributed by atoms with Crippen molar-refractivity contribution in [1.29, 1.82) is 0 Å². The largest absolute Gasteiger partial charge is 0.484 e. The number of likely N-dealkylation sites (N-methyl/N-ethyl adjacent to an activating group) is 1. The van der Waals surface area contributed by atoms with Crippen molar-refractivity contribution >= 4 is 17.3 Å². The van der Waals surface area contributed by atoms with E-state index in [4.69, 9.17) is 14.7 Å². The van der Waals surface area contributed by atoms with Crippen LogP contribution in [0.1, 0.15) is 92.5 Å². The number of ether oxygens (including phenoxy) is 1. The average molecular weight is 562 g/mol. The molecular weight excluding hydrogens is 510 g/mol. The van der Waals surface area contributed by atoms with E-state index in [0.29, 0.717) is 0 Å². The van der Waals surface area contributed by atoms with E-state index >= 15 is 0 Å². The number of aliphatic imine (C=N–C) groups is 2. The third-order valence-corrected chi connectivity index (χ3v) is 7.52. The Hall–Kier alpha value is -3.51. The molecule has 1 aliphatic carbocycles. The predicted octanol–water partition coefficient (Wildman–Crippen LogP) is 6.55. The number of fused-ring (bicyclic) bond motifs is 1. The first kappa shape index (κ1) is 30.4. The summed E-state index contributed by atoms with van der Waals surface area (Å²) in [5.41, 5.74) is 6.93. The van der Waals surface area contributed by atoms with E-state index in [1.165, 1.54) is 18.4 Å². The second kappa shape index (κ2) is 13.0. The highest BCUT2D eigenvalue weighted by Crippen LogP contribution is 2.32. The van der Waals surface area contributed by atoms with Crippen molar-refractivity contribution < 1.29 is 6.16 Å². The van der Waals surface area contributed by atoms with Crippen molar-refractivity contribution in [3.05, 3.63) is 65.6 Å². The molecule has 0 spiro atoms. The fraction of sp³-hybridized carbons (Fsp3) is 0.576. The molecule has 1 fully saturated rings. The maximum Gasteiger partial charge on any atom is 0.164 e. The number of aromatic nitrogens is 2. The lowest BCUT2D eigenvalue weighted by Gasteiger charge is -2.30. The molecule has 41 heavy (non-hydrogen) atoms. The third-order valence-electron chi connectivity index (χ3n) is 7.52. The Morgan fingerprint density at radius 3 is 2.63 bits per heavy atom. The van der Waals surface area contributed by atoms with E-state index in [2.05, 4.69) is 97.2 Å². The Kier molecular flexibility index (Phi) is 9.64. The fourth-order valence-electron chi connectivity index (χ4n) is 5.83. The van der Waals surface area contributed by atoms with E-state index in [-0.39, 0.29) is 31.2 Å². The molecule has 8 nitrogen and oxygen atoms in total. The lowest BCUT2D eigenvalue weighted by Crippen LogP contribution is -2.41. The molecule has 0 radical (unpaired) electrons. The van der Waals surface area contributed by atoms with Gasteiger partial charge in [0.05, 0.1) is 23.6 Å². The molecule has 4 heterocycles. The molecule has 4 atom stereocenters. The summed E-state index contributed by atoms with van der Waals surface area (Å²) in [6.45, 7) is 19.4. The highest BCUT2D eigenvalue weighted by molar-refractivity contribution is 6.06. The molecule has 2 aliphatic heterocycles. The van der Waals surface area contributed by atoms with Crippen LogP contribution in [-0.4, -0.2) is 57.2 Å². The molecule has 0 saturated heterocycles. The summed E-state index contributed by atoms with van der Waals surface area (Å²) >= 11 is 0. The summed E-state index contributed by atoms with van der Waals surface area (Å²) in [7, 11) is 2.10. The molecule has 0 bridgehead atoms. The first-order valence-corrected chi connectivity index (χ1v) is 15.2. The third kappa shape index (κ3) is 7.42. The second-order valence-corrected chi connectivity index (χ2v) is 12.2. The van der Waals surface area contributed by atoms with Crippen LogP contribution in [0.25, 0.3) is 5.65 Å². The Balaban J connectivity index is 0.00000158. The predicted molar refractivity (Wildman–Crippen MR) is 171 cm³/mol. The van der Waals surface area contributed by atoms with Crippen LogP contribution in [0.15, 0.2) is 64.4 Å². The van der Waals surface area contributed by atoms with Gasteiger partial charge in [-0.2, -0.15) is 0 Å². The average Bonchev–Trinajstić information content (AvgIpc) is 3.41. The minimum Gasteiger partial charge on any atom is -0.484 e. The van der Waals surface area contributed by atoms with Gasteiger partial charge in [0.25, 0.3) is 0 Å². The smallest absolute Gasteiger partial charge is 0.164 e. The van der Waals surface area contributed by atoms with Crippen LogP contribution in [0.2, 0.25) is 0 Å². The molecule has 5 rings (SSSR count). The van der Waals surface area contributed by atoms with Gasteiger partial charge in [-0.1, -0.05) is 45.1 Å². The van der Waals surface area contributed by atoms with Crippen LogP contribution in [0.5, 0.6) is 0 Å². The van der Waals surface area contributed by atoms with E-state index in [9.17, 15) is 0 Å². The highest BCUT2D eigenvalue weighted by atomic mass is 16.5. The van der Waals surface area contributed by atoms with Gasteiger partial charge in [0.1, 0.15) is 28.7 Å². The topological polar surface area (TPSA) is 78.5 Å². The van der Waals surface area contributed by atoms with Gasteiger partial charge < -0.3 is 20.3 Å². The lowest BCUT2D eigenvalue weighted by molar-refractivity contribution is 0.0315. The maximum absolute atomic E-state index is 6.28. The van der Waals surface area contributed by atoms with E-state index in [1.807, 2.05) is 26.1 Å². The van der Waals surface area contributed by atoms with E-state index in [0.717, 1.165) is 60.3 Å². The zero-order valence-corrected chi connectivity index (χ0v) is 26.3. The van der Waals surface area contributed by atoms with E-state index < -0.39 is 0 Å². The summed E-state index contributed by atoms with van der Waals surface area (Å²) < 4.78 is 8.41. The summed E-state index contributed by atoms with van der Waals surface area (Å²) in [5, 5.41) is 7.47. The van der Waals surface area contributed by atoms with Gasteiger partial charge in [0.15, 0.2) is 6.17 Å². The maximum atomic E-state index is 6.28. The van der Waals surface area contributed by atoms with Crippen molar-refractivity contribution in [3.63, 3.8) is 0 Å². The molecule has 0 amide bonds. The summed E-state index contributed by atoms with van der Waals surface area (Å²) in [5.74, 6) is 3.02. The zero-order valence-electron chi connectivity index (χ0n) is 26.3. The molecule has 0 aromatic carbocycles. The number of allylic oxidation sites excluding steroid dienone is 1. The second-order valence-electron chi connectivity index (χ2n) is 12.2. The van der Waals surface area contributed by atoms with Gasteiger partial charge in [-0.05, 0) is 65.5 Å². The quantitative estimate of drug-likeness (QED) is 0.246. The van der Waals surface area contributed by atoms with Crippen LogP contribution in [0.3, 0.4) is 0 Å². The van der Waals surface area contributed by atoms with Crippen molar-refractivity contribution in [3.8, 4) is 0 Å². The number of aryl methyl sites for hydroxylation is 1. The Morgan fingerprint density at radius 1 is 1.20 bits per heavy atom. The number of nitrogens with one attached hydrogen (secondary N) is 2. The molecule has 2 aromatic rings. The normalized spacial score (nSPS) is 24.6. The molecule has 1 saturated carbocycles. The number of rotatable bonds is 5. The summed E-state index contributed by atoms with van der Waals surface area (Å²) in [4.78, 5) is 17.0. The number of amidine groups is 2. The number of hydrogen-bond acceptors (Lipinski definition) is 7. The van der Waals surface area contributed by atoms with Gasteiger partial charge in [-0.3, -0.25) is 9.39 Å². The van der Waals surface area contributed by atoms with Crippen LogP contribution >= 0.6 is 0 Å². The van der Waals surface area contributed by atoms with Crippen molar-refractivity contribution in [2.24, 2.45) is 15.9 Å². The van der Waals surface area contributed by atoms with Gasteiger partial charge in [-0.15, -0.1) is 0 Å². The van der Waals surface area contributed by atoms with Crippen LogP contribution in [0, 0.1) is 12.8 Å². The number of imidazole rings is 1. The molecule has 2 N–H and O–H groups in total. The molecule has 224 valence electrons. The monoisotopic (exact) mass is 561 g/mol. The van der Waals surface area contributed by atoms with Crippen molar-refractivity contribution in [2.45, 2.75) is 104 Å². The van der Waals surface area contributed by atoms with Gasteiger partial charge in [0.2, 0.25) is 0 Å². The molecule has 8 heteroatoms. The SMILES string of the molecule is C=C=C(OC(C)(C)C)C1CCCC[C@@H](NC2=NC(c3cnc4ccc(C)cn34)NC(C3=NC(C)CN3C)=C2)C1.CC.[HH]. The first-order chi connectivity index (χ1) is 19.6. The lowest BCUT2D eigenvalue weighted by atomic mass is 9.95. The van der Waals surface area contributed by atoms with Gasteiger partial charge in [-0.25, -0.2) is 9.98 Å². The zero-order chi connectivity index (χ0) is 29.7. The summed E-state index contributed by atoms with van der Waals surface area (Å²) in [6, 6.07) is 4.66. The number of nitrogens with zero attached hydrogens (tertiary/aromatic N) is 5. The number of hydrogen-bond donors (Lipinski definition) is 2. The van der Waals surface area contributed by atoms with E-state index in [1.54, 1.807) is 0 Å². The van der Waals surface area contributed by atoms with Crippen LogP contribution < -0.4 is 10.6 Å². The van der Waals surface area contributed by atoms with Crippen molar-refractivity contribution in [2.75, 3.05) is 13.6 Å². The first-order valence-electron chi connectivity index (χ1n) is 15.2. The number of pyridine rings is 1. The Labute approximate surface area is 247 Å². The molecular formula is C33H51N7O. The minimum absolute atomic E-state index is 0. The summed E-state index contributed by atoms with van der Waals surface area (Å²) in [6.07, 6.45) is 11.3. The molecule has 2 aromatic heterocycles. The molecule has 3 unspecified atom stereocenters. The van der Waals surface area contributed by atoms with Gasteiger partial charge in [0, 0.05) is 39.3 Å². The van der Waals surface area contributed by atoms with Crippen LogP contribution in [0.4, 0.5) is 0 Å². The standard InChI is InChI=1S/C31H43N7O.C2H6.H2/c1-8-26(39-31(4,5)6)22-11-9-10-12-23(15-22)34-27-16-24(30-33-21(3)19-37(30)7)35-29(36-27)25-17-32-28-14-13-20(2)18-38(25)28;1-2;/h13-14,16-18,21-23,29,35H,1,9-12,15,19H2,2-7H3,(H,34,36);1-2H3;1H/t21?,22?,23-,29?;;/m1../s1. The molecule has 3 aliphatic rings. The minimum atomic E-state index is -0.286. The van der Waals surface area contributed by atoms with Crippen molar-refractivity contribution in [1.82, 2.24) is 24.9 Å². The highest BCUT2D eigenvalue weighted by Gasteiger charge is 2.31. The Morgan fingerprint density at radius 2 is 1.95 bits per heavy atom.